The smallest absolute Gasteiger partial charge is 0.306 e. The fraction of sp³-hybridized carbons (Fsp3) is 0.739. The topological polar surface area (TPSA) is 111 Å². The number of phosphoric ester groups is 1. The summed E-state index contributed by atoms with van der Waals surface area (Å²) in [5.74, 6) is -0.894. The van der Waals surface area contributed by atoms with E-state index in [0.717, 1.165) is 64.2 Å². The standard InChI is InChI=1S/C46H82NO8P/c1-6-8-10-12-14-16-18-20-21-22-23-24-25-27-28-30-32-34-36-38-45(48)52-42-44(43-54-56(50,51)53-41-40-47(3,4)5)55-46(49)39-37-35-33-31-29-26-19-17-15-13-11-9-7-2/h14,16,20-21,23-24,26-29,44H,6-13,15,17-19,22,25,30-43H2,1-5H3/b16-14+,21-20+,24-23+,28-27+,29-26+/t44-/m0/s1. The molecule has 0 heterocycles. The lowest BCUT2D eigenvalue weighted by Gasteiger charge is -2.28. The van der Waals surface area contributed by atoms with Crippen molar-refractivity contribution in [1.29, 1.82) is 0 Å². The van der Waals surface area contributed by atoms with E-state index in [4.69, 9.17) is 18.5 Å². The van der Waals surface area contributed by atoms with E-state index < -0.39 is 32.5 Å². The number of carbonyl (C=O) groups is 2. The van der Waals surface area contributed by atoms with Gasteiger partial charge in [0, 0.05) is 12.8 Å². The molecule has 56 heavy (non-hydrogen) atoms. The summed E-state index contributed by atoms with van der Waals surface area (Å²) in [7, 11) is 1.13. The van der Waals surface area contributed by atoms with Crippen LogP contribution >= 0.6 is 7.82 Å². The van der Waals surface area contributed by atoms with E-state index >= 15 is 0 Å². The molecule has 0 bridgehead atoms. The molecule has 10 heteroatoms. The molecule has 0 amide bonds. The van der Waals surface area contributed by atoms with Gasteiger partial charge >= 0.3 is 11.9 Å². The minimum atomic E-state index is -4.64. The number of nitrogens with zero attached hydrogens (tertiary/aromatic N) is 1. The molecule has 2 atom stereocenters. The van der Waals surface area contributed by atoms with E-state index in [0.29, 0.717) is 23.9 Å². The summed E-state index contributed by atoms with van der Waals surface area (Å²) in [4.78, 5) is 37.5. The molecule has 0 rings (SSSR count). The summed E-state index contributed by atoms with van der Waals surface area (Å²) < 4.78 is 33.8. The molecule has 0 saturated heterocycles. The lowest BCUT2D eigenvalue weighted by atomic mass is 10.1. The van der Waals surface area contributed by atoms with Crippen molar-refractivity contribution in [2.45, 2.75) is 174 Å². The Labute approximate surface area is 343 Å². The summed E-state index contributed by atoms with van der Waals surface area (Å²) in [6, 6.07) is 0. The Bertz CT molecular complexity index is 1140. The predicted octanol–water partition coefficient (Wildman–Crippen LogP) is 11.8. The predicted molar refractivity (Wildman–Crippen MR) is 231 cm³/mol. The van der Waals surface area contributed by atoms with Gasteiger partial charge in [-0.3, -0.25) is 14.2 Å². The van der Waals surface area contributed by atoms with Gasteiger partial charge < -0.3 is 27.9 Å². The molecular weight excluding hydrogens is 725 g/mol. The van der Waals surface area contributed by atoms with Crippen LogP contribution in [0.15, 0.2) is 60.8 Å². The molecule has 0 aromatic rings. The van der Waals surface area contributed by atoms with Gasteiger partial charge in [0.2, 0.25) is 0 Å². The average Bonchev–Trinajstić information content (AvgIpc) is 3.15. The summed E-state index contributed by atoms with van der Waals surface area (Å²) >= 11 is 0. The Hall–Kier alpha value is -2.29. The summed E-state index contributed by atoms with van der Waals surface area (Å²) in [6.45, 7) is 4.12. The number of phosphoric acid groups is 1. The number of unbranched alkanes of at least 4 members (excludes halogenated alkanes) is 15. The normalized spacial score (nSPS) is 14.2. The van der Waals surface area contributed by atoms with E-state index in [1.54, 1.807) is 0 Å². The zero-order chi connectivity index (χ0) is 41.4. The van der Waals surface area contributed by atoms with Crippen molar-refractivity contribution >= 4 is 19.8 Å². The highest BCUT2D eigenvalue weighted by atomic mass is 31.2. The fourth-order valence-electron chi connectivity index (χ4n) is 5.51. The summed E-state index contributed by atoms with van der Waals surface area (Å²) in [6.07, 6.45) is 45.3. The van der Waals surface area contributed by atoms with Crippen LogP contribution in [0.2, 0.25) is 0 Å². The van der Waals surface area contributed by atoms with E-state index in [2.05, 4.69) is 74.6 Å². The highest BCUT2D eigenvalue weighted by molar-refractivity contribution is 7.45. The first kappa shape index (κ1) is 53.7. The van der Waals surface area contributed by atoms with Gasteiger partial charge in [-0.1, -0.05) is 132 Å². The number of ether oxygens (including phenoxy) is 2. The molecule has 0 N–H and O–H groups in total. The molecule has 0 spiro atoms. The van der Waals surface area contributed by atoms with Gasteiger partial charge in [-0.05, 0) is 83.5 Å². The van der Waals surface area contributed by atoms with E-state index in [-0.39, 0.29) is 26.1 Å². The van der Waals surface area contributed by atoms with Crippen molar-refractivity contribution in [3.8, 4) is 0 Å². The van der Waals surface area contributed by atoms with Crippen molar-refractivity contribution in [2.75, 3.05) is 47.5 Å². The third kappa shape index (κ3) is 41.3. The Morgan fingerprint density at radius 1 is 0.554 bits per heavy atom. The highest BCUT2D eigenvalue weighted by Gasteiger charge is 2.21. The minimum Gasteiger partial charge on any atom is -0.756 e. The molecule has 324 valence electrons. The van der Waals surface area contributed by atoms with Crippen molar-refractivity contribution in [1.82, 2.24) is 0 Å². The van der Waals surface area contributed by atoms with Crippen molar-refractivity contribution in [2.24, 2.45) is 0 Å². The highest BCUT2D eigenvalue weighted by Crippen LogP contribution is 2.38. The van der Waals surface area contributed by atoms with Crippen LogP contribution in [0.4, 0.5) is 0 Å². The van der Waals surface area contributed by atoms with E-state index in [9.17, 15) is 19.0 Å². The first-order valence-electron chi connectivity index (χ1n) is 22.0. The monoisotopic (exact) mass is 808 g/mol. The molecular formula is C46H82NO8P. The molecule has 0 aromatic carbocycles. The Morgan fingerprint density at radius 2 is 0.964 bits per heavy atom. The molecule has 0 aliphatic rings. The van der Waals surface area contributed by atoms with Crippen molar-refractivity contribution in [3.63, 3.8) is 0 Å². The van der Waals surface area contributed by atoms with Crippen LogP contribution in [0, 0.1) is 0 Å². The molecule has 0 aliphatic carbocycles. The van der Waals surface area contributed by atoms with Gasteiger partial charge in [0.25, 0.3) is 7.82 Å². The number of allylic oxidation sites excluding steroid dienone is 10. The lowest BCUT2D eigenvalue weighted by Crippen LogP contribution is -2.37. The number of likely N-dealkylation sites (N-methyl/N-ethyl adjacent to an activating group) is 1. The maximum absolute atomic E-state index is 12.6. The zero-order valence-electron chi connectivity index (χ0n) is 36.3. The first-order valence-corrected chi connectivity index (χ1v) is 23.5. The van der Waals surface area contributed by atoms with Gasteiger partial charge in [-0.25, -0.2) is 0 Å². The number of hydrogen-bond acceptors (Lipinski definition) is 8. The molecule has 0 aliphatic heterocycles. The van der Waals surface area contributed by atoms with Crippen LogP contribution < -0.4 is 4.89 Å². The third-order valence-corrected chi connectivity index (χ3v) is 9.97. The Balaban J connectivity index is 4.44. The molecule has 0 fully saturated rings. The van der Waals surface area contributed by atoms with Crippen molar-refractivity contribution < 1.29 is 42.1 Å². The molecule has 0 aromatic heterocycles. The largest absolute Gasteiger partial charge is 0.756 e. The van der Waals surface area contributed by atoms with Crippen LogP contribution in [-0.2, 0) is 32.7 Å². The van der Waals surface area contributed by atoms with Gasteiger partial charge in [-0.15, -0.1) is 0 Å². The van der Waals surface area contributed by atoms with Crippen molar-refractivity contribution in [3.05, 3.63) is 60.8 Å². The van der Waals surface area contributed by atoms with Crippen LogP contribution in [0.1, 0.15) is 168 Å². The molecule has 1 unspecified atom stereocenters. The van der Waals surface area contributed by atoms with Crippen LogP contribution in [0.3, 0.4) is 0 Å². The average molecular weight is 808 g/mol. The lowest BCUT2D eigenvalue weighted by molar-refractivity contribution is -0.870. The Morgan fingerprint density at radius 3 is 1.48 bits per heavy atom. The van der Waals surface area contributed by atoms with E-state index in [1.807, 2.05) is 21.1 Å². The Kier molecular flexibility index (Phi) is 36.7. The second-order valence-corrected chi connectivity index (χ2v) is 17.1. The number of rotatable bonds is 39. The van der Waals surface area contributed by atoms with Gasteiger partial charge in [0.1, 0.15) is 19.8 Å². The molecule has 9 nitrogen and oxygen atoms in total. The zero-order valence-corrected chi connectivity index (χ0v) is 37.2. The molecule has 0 saturated carbocycles. The van der Waals surface area contributed by atoms with Gasteiger partial charge in [0.05, 0.1) is 27.7 Å². The SMILES string of the molecule is CCCCC/C=C/C/C=C/C/C=C/C/C=C/CCCCCC(=O)OC[C@@H](COP(=O)([O-])OCC[N+](C)(C)C)OC(=O)CCCCC/C=C/CCCCCCCC. The van der Waals surface area contributed by atoms with Gasteiger partial charge in [0.15, 0.2) is 6.10 Å². The summed E-state index contributed by atoms with van der Waals surface area (Å²) in [5.41, 5.74) is 0. The second-order valence-electron chi connectivity index (χ2n) is 15.7. The minimum absolute atomic E-state index is 0.0413. The van der Waals surface area contributed by atoms with E-state index in [1.165, 1.54) is 64.2 Å². The number of carbonyl (C=O) groups excluding carboxylic acids is 2. The second kappa shape index (κ2) is 38.2. The maximum atomic E-state index is 12.6. The first-order chi connectivity index (χ1) is 27.0. The van der Waals surface area contributed by atoms with Gasteiger partial charge in [-0.2, -0.15) is 0 Å². The third-order valence-electron chi connectivity index (χ3n) is 9.01. The quantitative estimate of drug-likeness (QED) is 0.0198. The number of hydrogen-bond donors (Lipinski definition) is 0. The summed E-state index contributed by atoms with van der Waals surface area (Å²) in [5, 5.41) is 0. The number of quaternary nitrogens is 1. The maximum Gasteiger partial charge on any atom is 0.306 e. The molecule has 0 radical (unpaired) electrons. The van der Waals surface area contributed by atoms with Crippen LogP contribution in [0.25, 0.3) is 0 Å². The fourth-order valence-corrected chi connectivity index (χ4v) is 6.24. The van der Waals surface area contributed by atoms with Crippen LogP contribution in [-0.4, -0.2) is 70.0 Å². The number of esters is 2. The van der Waals surface area contributed by atoms with Crippen LogP contribution in [0.5, 0.6) is 0 Å².